The Labute approximate surface area is 106 Å². The van der Waals surface area contributed by atoms with E-state index in [-0.39, 0.29) is 12.5 Å². The van der Waals surface area contributed by atoms with Gasteiger partial charge in [-0.15, -0.1) is 0 Å². The van der Waals surface area contributed by atoms with E-state index in [9.17, 15) is 4.79 Å². The molecule has 0 bridgehead atoms. The Morgan fingerprint density at radius 2 is 2.28 bits per heavy atom. The lowest BCUT2D eigenvalue weighted by atomic mass is 10.2. The molecule has 1 aromatic heterocycles. The summed E-state index contributed by atoms with van der Waals surface area (Å²) in [6.07, 6.45) is 6.11. The van der Waals surface area contributed by atoms with Crippen LogP contribution in [0.3, 0.4) is 0 Å². The summed E-state index contributed by atoms with van der Waals surface area (Å²) in [5, 5.41) is 2.95. The Bertz CT molecular complexity index is 405. The molecular weight excluding hydrogens is 232 g/mol. The van der Waals surface area contributed by atoms with Crippen LogP contribution in [0.2, 0.25) is 0 Å². The van der Waals surface area contributed by atoms with Gasteiger partial charge in [-0.2, -0.15) is 0 Å². The standard InChI is InChI=1S/C12H18N4O2/c13-16-12-10(6-3-7-14-12)18-8-11(17)15-9-4-1-2-5-9/h3,6-7,9H,1-2,4-5,8,13H2,(H,14,16)(H,15,17). The maximum atomic E-state index is 11.7. The Morgan fingerprint density at radius 3 is 3.00 bits per heavy atom. The van der Waals surface area contributed by atoms with E-state index in [1.807, 2.05) is 0 Å². The first-order valence-electron chi connectivity index (χ1n) is 6.13. The second-order valence-corrected chi connectivity index (χ2v) is 4.33. The molecular formula is C12H18N4O2. The van der Waals surface area contributed by atoms with Crippen LogP contribution in [0, 0.1) is 0 Å². The molecule has 1 aromatic rings. The number of ether oxygens (including phenoxy) is 1. The van der Waals surface area contributed by atoms with Gasteiger partial charge in [0, 0.05) is 12.2 Å². The van der Waals surface area contributed by atoms with Gasteiger partial charge >= 0.3 is 0 Å². The van der Waals surface area contributed by atoms with Gasteiger partial charge < -0.3 is 15.5 Å². The normalized spacial score (nSPS) is 15.4. The minimum Gasteiger partial charge on any atom is -0.480 e. The van der Waals surface area contributed by atoms with Crippen molar-refractivity contribution < 1.29 is 9.53 Å². The average Bonchev–Trinajstić information content (AvgIpc) is 2.89. The number of carbonyl (C=O) groups is 1. The number of nitrogens with two attached hydrogens (primary N) is 1. The van der Waals surface area contributed by atoms with Crippen molar-refractivity contribution in [1.29, 1.82) is 0 Å². The van der Waals surface area contributed by atoms with Crippen molar-refractivity contribution in [2.75, 3.05) is 12.0 Å². The third kappa shape index (κ3) is 3.33. The summed E-state index contributed by atoms with van der Waals surface area (Å²) < 4.78 is 5.38. The molecule has 0 spiro atoms. The Morgan fingerprint density at radius 1 is 1.50 bits per heavy atom. The highest BCUT2D eigenvalue weighted by atomic mass is 16.5. The number of pyridine rings is 1. The van der Waals surface area contributed by atoms with Crippen molar-refractivity contribution in [3.05, 3.63) is 18.3 Å². The predicted octanol–water partition coefficient (Wildman–Crippen LogP) is 0.805. The van der Waals surface area contributed by atoms with Gasteiger partial charge in [0.25, 0.3) is 5.91 Å². The van der Waals surface area contributed by atoms with Crippen LogP contribution in [0.5, 0.6) is 5.75 Å². The lowest BCUT2D eigenvalue weighted by molar-refractivity contribution is -0.123. The molecule has 6 nitrogen and oxygen atoms in total. The van der Waals surface area contributed by atoms with Gasteiger partial charge in [-0.25, -0.2) is 10.8 Å². The Kier molecular flexibility index (Phi) is 4.35. The van der Waals surface area contributed by atoms with Gasteiger partial charge in [0.1, 0.15) is 0 Å². The summed E-state index contributed by atoms with van der Waals surface area (Å²) in [5.74, 6) is 6.09. The van der Waals surface area contributed by atoms with Crippen LogP contribution in [0.1, 0.15) is 25.7 Å². The van der Waals surface area contributed by atoms with Crippen LogP contribution in [-0.2, 0) is 4.79 Å². The summed E-state index contributed by atoms with van der Waals surface area (Å²) >= 11 is 0. The van der Waals surface area contributed by atoms with Gasteiger partial charge in [0.2, 0.25) is 0 Å². The predicted molar refractivity (Wildman–Crippen MR) is 67.9 cm³/mol. The number of nitrogens with one attached hydrogen (secondary N) is 2. The summed E-state index contributed by atoms with van der Waals surface area (Å²) in [6.45, 7) is -0.0170. The Hall–Kier alpha value is -1.82. The highest BCUT2D eigenvalue weighted by molar-refractivity contribution is 5.78. The second-order valence-electron chi connectivity index (χ2n) is 4.33. The number of nitrogen functional groups attached to an aromatic ring is 1. The molecule has 1 aliphatic carbocycles. The number of hydrazine groups is 1. The zero-order chi connectivity index (χ0) is 12.8. The topological polar surface area (TPSA) is 89.3 Å². The number of hydrogen-bond acceptors (Lipinski definition) is 5. The van der Waals surface area contributed by atoms with Crippen LogP contribution in [0.25, 0.3) is 0 Å². The van der Waals surface area contributed by atoms with Crippen molar-refractivity contribution in [3.8, 4) is 5.75 Å². The molecule has 1 saturated carbocycles. The third-order valence-corrected chi connectivity index (χ3v) is 2.99. The highest BCUT2D eigenvalue weighted by Crippen LogP contribution is 2.20. The molecule has 0 unspecified atom stereocenters. The van der Waals surface area contributed by atoms with Crippen molar-refractivity contribution in [2.45, 2.75) is 31.7 Å². The first-order valence-corrected chi connectivity index (χ1v) is 6.13. The molecule has 0 radical (unpaired) electrons. The molecule has 0 aromatic carbocycles. The van der Waals surface area contributed by atoms with Crippen LogP contribution in [0.15, 0.2) is 18.3 Å². The number of nitrogens with zero attached hydrogens (tertiary/aromatic N) is 1. The molecule has 6 heteroatoms. The summed E-state index contributed by atoms with van der Waals surface area (Å²) in [6, 6.07) is 3.75. The van der Waals surface area contributed by atoms with E-state index in [4.69, 9.17) is 10.6 Å². The highest BCUT2D eigenvalue weighted by Gasteiger charge is 2.17. The molecule has 1 fully saturated rings. The number of rotatable bonds is 5. The van der Waals surface area contributed by atoms with E-state index in [2.05, 4.69) is 15.7 Å². The monoisotopic (exact) mass is 250 g/mol. The fraction of sp³-hybridized carbons (Fsp3) is 0.500. The lowest BCUT2D eigenvalue weighted by Gasteiger charge is -2.13. The van der Waals surface area contributed by atoms with Crippen molar-refractivity contribution in [3.63, 3.8) is 0 Å². The average molecular weight is 250 g/mol. The summed E-state index contributed by atoms with van der Waals surface area (Å²) in [4.78, 5) is 15.6. The quantitative estimate of drug-likeness (QED) is 0.531. The minimum atomic E-state index is -0.103. The van der Waals surface area contributed by atoms with Gasteiger partial charge in [-0.1, -0.05) is 12.8 Å². The van der Waals surface area contributed by atoms with Crippen molar-refractivity contribution in [2.24, 2.45) is 5.84 Å². The van der Waals surface area contributed by atoms with E-state index < -0.39 is 0 Å². The van der Waals surface area contributed by atoms with Gasteiger partial charge in [-0.3, -0.25) is 4.79 Å². The molecule has 2 rings (SSSR count). The Balaban J connectivity index is 1.81. The number of amides is 1. The van der Waals surface area contributed by atoms with E-state index in [1.54, 1.807) is 18.3 Å². The number of aromatic nitrogens is 1. The summed E-state index contributed by atoms with van der Waals surface area (Å²) in [7, 11) is 0. The largest absolute Gasteiger partial charge is 0.480 e. The third-order valence-electron chi connectivity index (χ3n) is 2.99. The molecule has 4 N–H and O–H groups in total. The minimum absolute atomic E-state index is 0.0170. The summed E-state index contributed by atoms with van der Waals surface area (Å²) in [5.41, 5.74) is 2.42. The molecule has 1 heterocycles. The lowest BCUT2D eigenvalue weighted by Crippen LogP contribution is -2.36. The van der Waals surface area contributed by atoms with Gasteiger partial charge in [-0.05, 0) is 25.0 Å². The molecule has 0 aliphatic heterocycles. The zero-order valence-corrected chi connectivity index (χ0v) is 10.2. The zero-order valence-electron chi connectivity index (χ0n) is 10.2. The van der Waals surface area contributed by atoms with Gasteiger partial charge in [0.15, 0.2) is 18.2 Å². The fourth-order valence-corrected chi connectivity index (χ4v) is 2.10. The first kappa shape index (κ1) is 12.6. The number of carbonyl (C=O) groups excluding carboxylic acids is 1. The van der Waals surface area contributed by atoms with Crippen LogP contribution >= 0.6 is 0 Å². The molecule has 18 heavy (non-hydrogen) atoms. The van der Waals surface area contributed by atoms with Crippen molar-refractivity contribution in [1.82, 2.24) is 10.3 Å². The van der Waals surface area contributed by atoms with E-state index in [0.717, 1.165) is 12.8 Å². The maximum absolute atomic E-state index is 11.7. The molecule has 98 valence electrons. The van der Waals surface area contributed by atoms with Crippen molar-refractivity contribution >= 4 is 11.7 Å². The number of hydrogen-bond donors (Lipinski definition) is 3. The second kappa shape index (κ2) is 6.20. The van der Waals surface area contributed by atoms with E-state index >= 15 is 0 Å². The van der Waals surface area contributed by atoms with Crippen LogP contribution < -0.4 is 21.3 Å². The molecule has 0 atom stereocenters. The smallest absolute Gasteiger partial charge is 0.258 e. The molecule has 1 amide bonds. The van der Waals surface area contributed by atoms with E-state index in [1.165, 1.54) is 12.8 Å². The van der Waals surface area contributed by atoms with Crippen LogP contribution in [-0.4, -0.2) is 23.5 Å². The molecule has 0 saturated heterocycles. The fourth-order valence-electron chi connectivity index (χ4n) is 2.10. The first-order chi connectivity index (χ1) is 8.79. The van der Waals surface area contributed by atoms with Gasteiger partial charge in [0.05, 0.1) is 0 Å². The molecule has 1 aliphatic rings. The maximum Gasteiger partial charge on any atom is 0.258 e. The number of anilines is 1. The SMILES string of the molecule is NNc1ncccc1OCC(=O)NC1CCCC1. The van der Waals surface area contributed by atoms with E-state index in [0.29, 0.717) is 17.6 Å². The van der Waals surface area contributed by atoms with Crippen LogP contribution in [0.4, 0.5) is 5.82 Å².